The lowest BCUT2D eigenvalue weighted by molar-refractivity contribution is -0.132. The number of carbonyl (C=O) groups excluding carboxylic acids is 1. The molecule has 1 aromatic carbocycles. The van der Waals surface area contributed by atoms with Crippen LogP contribution in [0, 0.1) is 29.0 Å². The van der Waals surface area contributed by atoms with Gasteiger partial charge < -0.3 is 25.7 Å². The molecule has 4 aliphatic rings. The molecule has 0 bridgehead atoms. The highest BCUT2D eigenvalue weighted by Gasteiger charge is 2.76. The van der Waals surface area contributed by atoms with Crippen LogP contribution in [0.5, 0.6) is 0 Å². The molecule has 4 N–H and O–H groups in total. The van der Waals surface area contributed by atoms with E-state index < -0.39 is 35.9 Å². The van der Waals surface area contributed by atoms with Crippen molar-refractivity contribution < 1.29 is 19.4 Å². The Morgan fingerprint density at radius 1 is 1.41 bits per heavy atom. The van der Waals surface area contributed by atoms with Crippen molar-refractivity contribution in [1.29, 1.82) is 0 Å². The molecule has 5 rings (SSSR count). The van der Waals surface area contributed by atoms with Crippen LogP contribution in [0.3, 0.4) is 0 Å². The number of amides is 1. The zero-order chi connectivity index (χ0) is 22.6. The maximum atomic E-state index is 13.4. The molecule has 2 aliphatic heterocycles. The monoisotopic (exact) mass is 438 g/mol. The minimum absolute atomic E-state index is 0.216. The van der Waals surface area contributed by atoms with Crippen LogP contribution in [0.25, 0.3) is 0 Å². The normalized spacial score (nSPS) is 37.7. The highest BCUT2D eigenvalue weighted by atomic mass is 19.1. The van der Waals surface area contributed by atoms with Gasteiger partial charge in [-0.2, -0.15) is 0 Å². The Labute approximate surface area is 184 Å². The van der Waals surface area contributed by atoms with Crippen molar-refractivity contribution in [1.82, 2.24) is 15.5 Å². The third kappa shape index (κ3) is 2.92. The van der Waals surface area contributed by atoms with Gasteiger partial charge in [-0.15, -0.1) is 0 Å². The third-order valence-corrected chi connectivity index (χ3v) is 6.79. The van der Waals surface area contributed by atoms with E-state index in [-0.39, 0.29) is 17.6 Å². The molecule has 0 spiro atoms. The predicted octanol–water partition coefficient (Wildman–Crippen LogP) is -0.898. The lowest BCUT2D eigenvalue weighted by Crippen LogP contribution is -2.56. The second-order valence-electron chi connectivity index (χ2n) is 8.40. The maximum absolute atomic E-state index is 13.4. The number of nitrogens with zero attached hydrogens (tertiary/aromatic N) is 4. The number of aliphatic imine (C=N–C) groups is 3. The van der Waals surface area contributed by atoms with Crippen molar-refractivity contribution in [2.45, 2.75) is 36.9 Å². The molecule has 0 saturated heterocycles. The van der Waals surface area contributed by atoms with Crippen LogP contribution in [0.15, 0.2) is 39.2 Å². The van der Waals surface area contributed by atoms with Gasteiger partial charge in [0.2, 0.25) is 5.91 Å². The first-order chi connectivity index (χ1) is 15.4. The van der Waals surface area contributed by atoms with E-state index in [4.69, 9.17) is 0 Å². The van der Waals surface area contributed by atoms with Crippen LogP contribution in [0.1, 0.15) is 12.0 Å². The van der Waals surface area contributed by atoms with Gasteiger partial charge in [0.25, 0.3) is 0 Å². The number of fused-ring (bicyclic) bond motifs is 2. The number of halogens is 1. The minimum Gasteiger partial charge on any atom is -0.389 e. The fraction of sp³-hybridized carbons (Fsp3) is 0.455. The molecule has 9 nitrogen and oxygen atoms in total. The Morgan fingerprint density at radius 2 is 2.22 bits per heavy atom. The topological polar surface area (TPSA) is 122 Å². The molecule has 2 saturated carbocycles. The summed E-state index contributed by atoms with van der Waals surface area (Å²) in [5.41, 5.74) is -0.475. The molecule has 2 heterocycles. The van der Waals surface area contributed by atoms with E-state index >= 15 is 0 Å². The molecule has 32 heavy (non-hydrogen) atoms. The van der Waals surface area contributed by atoms with Gasteiger partial charge in [-0.25, -0.2) is 9.38 Å². The average molecular weight is 438 g/mol. The highest BCUT2D eigenvalue weighted by Crippen LogP contribution is 2.65. The summed E-state index contributed by atoms with van der Waals surface area (Å²) in [7, 11) is 3.16. The molecule has 4 unspecified atom stereocenters. The van der Waals surface area contributed by atoms with E-state index in [9.17, 15) is 19.4 Å². The first kappa shape index (κ1) is 20.6. The summed E-state index contributed by atoms with van der Waals surface area (Å²) < 4.78 is 13.4. The Hall–Kier alpha value is -3.29. The molecule has 1 amide bonds. The molecule has 1 aromatic rings. The van der Waals surface area contributed by atoms with Gasteiger partial charge in [0.05, 0.1) is 23.9 Å². The molecule has 0 aromatic heterocycles. The highest BCUT2D eigenvalue weighted by molar-refractivity contribution is 6.13. The Kier molecular flexibility index (Phi) is 4.76. The number of amidine groups is 2. The third-order valence-electron chi connectivity index (χ3n) is 6.79. The number of carbonyl (C=O) groups is 1. The fourth-order valence-electron chi connectivity index (χ4n) is 5.18. The first-order valence-electron chi connectivity index (χ1n) is 10.4. The zero-order valence-electron chi connectivity index (χ0n) is 17.5. The van der Waals surface area contributed by atoms with Gasteiger partial charge in [-0.1, -0.05) is 12.0 Å². The standard InChI is InChI=1S/C22H23FN6O3/c1-24-19-15-20(28-14(27-19)7-6-11-4-3-5-12(23)8-11)29(10-26-15)16-13-9-22(13,21(32)25-2)18(31)17(16)30/h3-5,8,10,13,15-18,20,30-31H,9H2,1-2H3,(H,25,32)(H,24,27,28)/t13?,15?,16-,17+,18+,20?,22?/m1/s1. The number of rotatable bonds is 2. The van der Waals surface area contributed by atoms with Crippen LogP contribution < -0.4 is 10.6 Å². The summed E-state index contributed by atoms with van der Waals surface area (Å²) in [6, 6.07) is 5.03. The summed E-state index contributed by atoms with van der Waals surface area (Å²) >= 11 is 0. The van der Waals surface area contributed by atoms with Crippen LogP contribution in [-0.4, -0.2) is 83.6 Å². The number of benzene rings is 1. The lowest BCUT2D eigenvalue weighted by Gasteiger charge is -2.36. The Bertz CT molecular complexity index is 1120. The van der Waals surface area contributed by atoms with Crippen molar-refractivity contribution in [2.75, 3.05) is 14.1 Å². The van der Waals surface area contributed by atoms with E-state index in [0.717, 1.165) is 0 Å². The van der Waals surface area contributed by atoms with Gasteiger partial charge in [0, 0.05) is 25.6 Å². The molecular formula is C22H23FN6O3. The second-order valence-corrected chi connectivity index (χ2v) is 8.40. The van der Waals surface area contributed by atoms with E-state index in [1.54, 1.807) is 30.4 Å². The minimum atomic E-state index is -1.16. The fourth-order valence-corrected chi connectivity index (χ4v) is 5.18. The van der Waals surface area contributed by atoms with Gasteiger partial charge >= 0.3 is 0 Å². The van der Waals surface area contributed by atoms with E-state index in [1.807, 2.05) is 0 Å². The summed E-state index contributed by atoms with van der Waals surface area (Å²) in [5.74, 6) is 5.84. The summed E-state index contributed by atoms with van der Waals surface area (Å²) in [6.07, 6.45) is -0.722. The van der Waals surface area contributed by atoms with E-state index in [2.05, 4.69) is 37.5 Å². The zero-order valence-corrected chi connectivity index (χ0v) is 17.5. The van der Waals surface area contributed by atoms with Crippen LogP contribution in [0.4, 0.5) is 4.39 Å². The molecule has 166 valence electrons. The van der Waals surface area contributed by atoms with Crippen molar-refractivity contribution in [3.63, 3.8) is 0 Å². The maximum Gasteiger partial charge on any atom is 0.229 e. The van der Waals surface area contributed by atoms with E-state index in [0.29, 0.717) is 23.7 Å². The predicted molar refractivity (Wildman–Crippen MR) is 116 cm³/mol. The van der Waals surface area contributed by atoms with Crippen LogP contribution in [-0.2, 0) is 4.79 Å². The molecule has 0 radical (unpaired) electrons. The lowest BCUT2D eigenvalue weighted by atomic mass is 9.98. The quantitative estimate of drug-likeness (QED) is 0.446. The Balaban J connectivity index is 1.45. The molecule has 7 atom stereocenters. The second kappa shape index (κ2) is 7.39. The number of hydrogen-bond acceptors (Lipinski definition) is 7. The smallest absolute Gasteiger partial charge is 0.229 e. The number of nitrogens with one attached hydrogen (secondary N) is 2. The first-order valence-corrected chi connectivity index (χ1v) is 10.4. The van der Waals surface area contributed by atoms with Crippen LogP contribution >= 0.6 is 0 Å². The molecule has 2 aliphatic carbocycles. The van der Waals surface area contributed by atoms with Crippen molar-refractivity contribution in [3.8, 4) is 11.8 Å². The molecular weight excluding hydrogens is 415 g/mol. The van der Waals surface area contributed by atoms with Crippen molar-refractivity contribution >= 4 is 23.9 Å². The largest absolute Gasteiger partial charge is 0.389 e. The van der Waals surface area contributed by atoms with Gasteiger partial charge in [-0.05, 0) is 30.5 Å². The molecule has 10 heteroatoms. The summed E-state index contributed by atoms with van der Waals surface area (Å²) in [4.78, 5) is 27.7. The number of aliphatic hydroxyl groups is 2. The SMILES string of the molecule is CN=C1NC(C#Cc2cccc(F)c2)=NC2C1N=CN2[C@@H]1C2CC2(C(=O)NC)[C@@H](O)[C@H]1O. The van der Waals surface area contributed by atoms with Gasteiger partial charge in [0.1, 0.15) is 23.8 Å². The molecule has 2 fully saturated rings. The van der Waals surface area contributed by atoms with Gasteiger partial charge in [-0.3, -0.25) is 14.8 Å². The van der Waals surface area contributed by atoms with Crippen LogP contribution in [0.2, 0.25) is 0 Å². The number of aliphatic hydroxyl groups excluding tert-OH is 2. The summed E-state index contributed by atoms with van der Waals surface area (Å²) in [5, 5.41) is 27.1. The number of hydrogen-bond donors (Lipinski definition) is 4. The Morgan fingerprint density at radius 3 is 2.94 bits per heavy atom. The van der Waals surface area contributed by atoms with Crippen molar-refractivity contribution in [2.24, 2.45) is 26.3 Å². The van der Waals surface area contributed by atoms with Gasteiger partial charge in [0.15, 0.2) is 12.0 Å². The van der Waals surface area contributed by atoms with E-state index in [1.165, 1.54) is 19.2 Å². The van der Waals surface area contributed by atoms with Crippen molar-refractivity contribution in [3.05, 3.63) is 35.6 Å². The average Bonchev–Trinajstić information content (AvgIpc) is 3.33. The summed E-state index contributed by atoms with van der Waals surface area (Å²) in [6.45, 7) is 0.